The second-order valence-corrected chi connectivity index (χ2v) is 21.8. The van der Waals surface area contributed by atoms with Crippen molar-refractivity contribution in [2.24, 2.45) is 5.92 Å². The van der Waals surface area contributed by atoms with Crippen LogP contribution in [0.2, 0.25) is 18.6 Å². The summed E-state index contributed by atoms with van der Waals surface area (Å²) in [6.07, 6.45) is 1.36. The Hall–Kier alpha value is -6.48. The number of nitrogens with zero attached hydrogens (tertiary/aromatic N) is 5. The number of nitro groups is 1. The lowest BCUT2D eigenvalue weighted by Gasteiger charge is -2.39. The Balaban J connectivity index is 1.10. The highest BCUT2D eigenvalue weighted by Crippen LogP contribution is 2.60. The molecule has 1 N–H and O–H groups in total. The Morgan fingerprint density at radius 2 is 1.68 bits per heavy atom. The van der Waals surface area contributed by atoms with Gasteiger partial charge in [0.15, 0.2) is 5.60 Å². The van der Waals surface area contributed by atoms with Gasteiger partial charge in [-0.25, -0.2) is 0 Å². The van der Waals surface area contributed by atoms with Gasteiger partial charge >= 0.3 is 0 Å². The number of rotatable bonds is 10. The van der Waals surface area contributed by atoms with E-state index in [1.54, 1.807) is 47.4 Å². The lowest BCUT2D eigenvalue weighted by Crippen LogP contribution is -2.52. The highest BCUT2D eigenvalue weighted by Gasteiger charge is 2.67. The minimum Gasteiger partial charge on any atom is -0.497 e. The lowest BCUT2D eigenvalue weighted by molar-refractivity contribution is -0.385. The standard InChI is InChI=1S/C48H47N5O8Si/c1-30-45(62(3,4)39-20-18-38(60-2)19-21-39)43(25-44(55)50-28-34-11-6-5-9-32(34)23-37(50)29-54)61-48(30)41-24-36(53(58)59)17-22-42(41)51(47(48)57)27-31-13-15-35(16-14-31)52-46(56)40-12-8-7-10-33(40)26-49-52/h5-22,24,26,30,37,43,45,54H,23,25,27-29H2,1-4H3/t30-,37-,43+,45-,48+/m0/s1. The molecule has 9 rings (SSSR count). The largest absolute Gasteiger partial charge is 0.497 e. The number of aliphatic hydroxyl groups is 1. The number of ether oxygens (including phenoxy) is 2. The van der Waals surface area contributed by atoms with Crippen molar-refractivity contribution < 1.29 is 29.1 Å². The molecule has 5 atom stereocenters. The molecule has 316 valence electrons. The van der Waals surface area contributed by atoms with E-state index < -0.39 is 36.7 Å². The molecule has 0 saturated carbocycles. The maximum Gasteiger partial charge on any atom is 0.279 e. The topological polar surface area (TPSA) is 157 Å². The number of carbonyl (C=O) groups is 2. The van der Waals surface area contributed by atoms with E-state index in [4.69, 9.17) is 9.47 Å². The zero-order valence-electron chi connectivity index (χ0n) is 34.9. The number of methoxy groups -OCH3 is 1. The summed E-state index contributed by atoms with van der Waals surface area (Å²) in [7, 11) is -1.07. The van der Waals surface area contributed by atoms with Gasteiger partial charge in [0.05, 0.1) is 74.8 Å². The number of hydrogen-bond donors (Lipinski definition) is 1. The third kappa shape index (κ3) is 6.69. The van der Waals surface area contributed by atoms with Crippen molar-refractivity contribution in [2.45, 2.75) is 69.2 Å². The Bertz CT molecular complexity index is 2790. The number of anilines is 1. The van der Waals surface area contributed by atoms with Crippen molar-refractivity contribution in [3.05, 3.63) is 164 Å². The van der Waals surface area contributed by atoms with Crippen LogP contribution in [0.25, 0.3) is 16.5 Å². The normalized spacial score (nSPS) is 21.9. The number of carbonyl (C=O) groups excluding carboxylic acids is 2. The molecule has 3 aliphatic heterocycles. The molecule has 14 heteroatoms. The fraction of sp³-hybridized carbons (Fsp3) is 0.292. The number of nitro benzene ring substituents is 1. The van der Waals surface area contributed by atoms with Gasteiger partial charge in [0.2, 0.25) is 5.91 Å². The van der Waals surface area contributed by atoms with E-state index in [9.17, 15) is 24.8 Å². The maximum absolute atomic E-state index is 15.4. The van der Waals surface area contributed by atoms with E-state index in [0.717, 1.165) is 27.3 Å². The van der Waals surface area contributed by atoms with Crippen molar-refractivity contribution in [1.82, 2.24) is 14.7 Å². The van der Waals surface area contributed by atoms with Crippen molar-refractivity contribution in [3.8, 4) is 11.4 Å². The maximum atomic E-state index is 15.4. The lowest BCUT2D eigenvalue weighted by atomic mass is 9.82. The molecule has 1 fully saturated rings. The van der Waals surface area contributed by atoms with E-state index in [1.165, 1.54) is 16.8 Å². The molecule has 2 amide bonds. The van der Waals surface area contributed by atoms with Gasteiger partial charge in [0, 0.05) is 35.5 Å². The van der Waals surface area contributed by atoms with Gasteiger partial charge < -0.3 is 24.4 Å². The molecule has 6 aromatic rings. The molecular formula is C48H47N5O8Si. The average molecular weight is 850 g/mol. The number of aliphatic hydroxyl groups excluding tert-OH is 1. The van der Waals surface area contributed by atoms with E-state index in [-0.39, 0.29) is 48.2 Å². The fourth-order valence-corrected chi connectivity index (χ4v) is 14.3. The van der Waals surface area contributed by atoms with Gasteiger partial charge in [-0.1, -0.05) is 91.9 Å². The Labute approximate surface area is 359 Å². The molecule has 1 spiro atoms. The summed E-state index contributed by atoms with van der Waals surface area (Å²) in [6, 6.07) is 34.3. The van der Waals surface area contributed by atoms with Crippen LogP contribution < -0.4 is 20.4 Å². The molecule has 0 aliphatic carbocycles. The van der Waals surface area contributed by atoms with Gasteiger partial charge in [-0.2, -0.15) is 9.78 Å². The molecule has 5 aromatic carbocycles. The highest BCUT2D eigenvalue weighted by atomic mass is 28.3. The molecular weight excluding hydrogens is 803 g/mol. The number of hydrogen-bond acceptors (Lipinski definition) is 9. The smallest absolute Gasteiger partial charge is 0.279 e. The molecule has 4 heterocycles. The first-order chi connectivity index (χ1) is 29.8. The van der Waals surface area contributed by atoms with Crippen LogP contribution in [0.1, 0.15) is 35.6 Å². The summed E-state index contributed by atoms with van der Waals surface area (Å²) < 4.78 is 14.0. The minimum absolute atomic E-state index is 0.0524. The van der Waals surface area contributed by atoms with Gasteiger partial charge in [0.1, 0.15) is 5.75 Å². The predicted octanol–water partition coefficient (Wildman–Crippen LogP) is 6.40. The summed E-state index contributed by atoms with van der Waals surface area (Å²) in [6.45, 7) is 6.65. The third-order valence-corrected chi connectivity index (χ3v) is 17.9. The second kappa shape index (κ2) is 15.8. The molecule has 13 nitrogen and oxygen atoms in total. The zero-order chi connectivity index (χ0) is 43.5. The molecule has 62 heavy (non-hydrogen) atoms. The minimum atomic E-state index is -2.68. The van der Waals surface area contributed by atoms with E-state index in [0.29, 0.717) is 41.0 Å². The number of aromatic nitrogens is 2. The van der Waals surface area contributed by atoms with E-state index >= 15 is 4.79 Å². The molecule has 3 aliphatic rings. The quantitative estimate of drug-likeness (QED) is 0.0936. The monoisotopic (exact) mass is 849 g/mol. The van der Waals surface area contributed by atoms with Crippen molar-refractivity contribution >= 4 is 47.2 Å². The summed E-state index contributed by atoms with van der Waals surface area (Å²) >= 11 is 0. The SMILES string of the molecule is COc1ccc([Si](C)(C)[C@@H]2[C@@H](CC(=O)N3Cc4ccccc4C[C@H]3CO)O[C@]3(C(=O)N(Cc4ccc(-n5ncc6ccccc6c5=O)cc4)c4ccc([N+](=O)[O-])cc43)[C@H]2C)cc1. The Kier molecular flexibility index (Phi) is 10.4. The molecule has 1 aromatic heterocycles. The fourth-order valence-electron chi connectivity index (χ4n) is 10.3. The highest BCUT2D eigenvalue weighted by molar-refractivity contribution is 6.91. The third-order valence-electron chi connectivity index (χ3n) is 13.5. The molecule has 0 bridgehead atoms. The van der Waals surface area contributed by atoms with Gasteiger partial charge in [-0.15, -0.1) is 0 Å². The van der Waals surface area contributed by atoms with Crippen LogP contribution in [0.4, 0.5) is 11.4 Å². The first kappa shape index (κ1) is 40.9. The average Bonchev–Trinajstić information content (AvgIpc) is 3.71. The summed E-state index contributed by atoms with van der Waals surface area (Å²) in [4.78, 5) is 58.7. The van der Waals surface area contributed by atoms with Crippen LogP contribution in [0.5, 0.6) is 5.75 Å². The molecule has 0 radical (unpaired) electrons. The van der Waals surface area contributed by atoms with E-state index in [1.807, 2.05) is 85.8 Å². The summed E-state index contributed by atoms with van der Waals surface area (Å²) in [5, 5.41) is 29.6. The second-order valence-electron chi connectivity index (χ2n) is 17.2. The summed E-state index contributed by atoms with van der Waals surface area (Å²) in [5.41, 5.74) is 1.91. The number of non-ortho nitro benzene ring substituents is 1. The molecule has 0 unspecified atom stereocenters. The van der Waals surface area contributed by atoms with Crippen LogP contribution in [-0.4, -0.2) is 70.5 Å². The molecule has 1 saturated heterocycles. The van der Waals surface area contributed by atoms with Gasteiger partial charge in [0.25, 0.3) is 17.2 Å². The van der Waals surface area contributed by atoms with Crippen LogP contribution in [0, 0.1) is 16.0 Å². The first-order valence-corrected chi connectivity index (χ1v) is 23.9. The first-order valence-electron chi connectivity index (χ1n) is 20.8. The van der Waals surface area contributed by atoms with Crippen LogP contribution >= 0.6 is 0 Å². The Morgan fingerprint density at radius 1 is 0.968 bits per heavy atom. The number of fused-ring (bicyclic) bond motifs is 4. The van der Waals surface area contributed by atoms with Crippen LogP contribution in [0.15, 0.2) is 126 Å². The number of benzene rings is 5. The summed E-state index contributed by atoms with van der Waals surface area (Å²) in [5.74, 6) is -0.378. The van der Waals surface area contributed by atoms with Crippen molar-refractivity contribution in [3.63, 3.8) is 0 Å². The van der Waals surface area contributed by atoms with E-state index in [2.05, 4.69) is 18.2 Å². The Morgan fingerprint density at radius 3 is 2.39 bits per heavy atom. The van der Waals surface area contributed by atoms with Gasteiger partial charge in [-0.3, -0.25) is 24.5 Å². The van der Waals surface area contributed by atoms with Crippen molar-refractivity contribution in [2.75, 3.05) is 18.6 Å². The van der Waals surface area contributed by atoms with Gasteiger partial charge in [-0.05, 0) is 65.1 Å². The number of amides is 2. The van der Waals surface area contributed by atoms with Crippen LogP contribution in [0.3, 0.4) is 0 Å². The predicted molar refractivity (Wildman–Crippen MR) is 237 cm³/mol. The van der Waals surface area contributed by atoms with Crippen LogP contribution in [-0.2, 0) is 39.4 Å². The van der Waals surface area contributed by atoms with Crippen molar-refractivity contribution in [1.29, 1.82) is 0 Å². The zero-order valence-corrected chi connectivity index (χ0v) is 35.9.